The van der Waals surface area contributed by atoms with Gasteiger partial charge in [-0.05, 0) is 31.4 Å². The number of nitrogens with two attached hydrogens (primary N) is 1. The lowest BCUT2D eigenvalue weighted by atomic mass is 10.1. The molecule has 1 fully saturated rings. The summed E-state index contributed by atoms with van der Waals surface area (Å²) in [5.41, 5.74) is 8.35. The second-order valence-electron chi connectivity index (χ2n) is 8.70. The Morgan fingerprint density at radius 2 is 2.06 bits per heavy atom. The van der Waals surface area contributed by atoms with E-state index in [9.17, 15) is 9.59 Å². The number of nitrogens with zero attached hydrogens (tertiary/aromatic N) is 6. The van der Waals surface area contributed by atoms with Crippen molar-refractivity contribution in [1.29, 1.82) is 0 Å². The molecule has 0 bridgehead atoms. The Bertz CT molecular complexity index is 1570. The van der Waals surface area contributed by atoms with Gasteiger partial charge in [-0.1, -0.05) is 24.1 Å². The molecule has 3 aromatic heterocycles. The Balaban J connectivity index is 1.64. The lowest BCUT2D eigenvalue weighted by Gasteiger charge is -2.31. The van der Waals surface area contributed by atoms with Crippen LogP contribution in [0.15, 0.2) is 46.1 Å². The van der Waals surface area contributed by atoms with Crippen molar-refractivity contribution in [3.63, 3.8) is 0 Å². The second-order valence-corrected chi connectivity index (χ2v) is 8.70. The first-order valence-electron chi connectivity index (χ1n) is 11.4. The number of aromatic nitrogens is 5. The molecule has 5 rings (SSSR count). The molecule has 1 unspecified atom stereocenters. The van der Waals surface area contributed by atoms with Crippen LogP contribution in [0, 0.1) is 11.8 Å². The minimum absolute atomic E-state index is 0.0722. The smallest absolute Gasteiger partial charge is 0.293 e. The van der Waals surface area contributed by atoms with E-state index in [1.807, 2.05) is 28.8 Å². The molecule has 1 aromatic carbocycles. The molecule has 0 radical (unpaired) electrons. The lowest BCUT2D eigenvalue weighted by molar-refractivity contribution is 0.496. The summed E-state index contributed by atoms with van der Waals surface area (Å²) in [4.78, 5) is 33.0. The third-order valence-corrected chi connectivity index (χ3v) is 6.45. The van der Waals surface area contributed by atoms with E-state index in [0.29, 0.717) is 30.1 Å². The summed E-state index contributed by atoms with van der Waals surface area (Å²) < 4.78 is 4.87. The van der Waals surface area contributed by atoms with E-state index < -0.39 is 0 Å². The Morgan fingerprint density at radius 3 is 2.85 bits per heavy atom. The van der Waals surface area contributed by atoms with E-state index in [4.69, 9.17) is 10.7 Å². The minimum atomic E-state index is -0.264. The number of aryl methyl sites for hydroxylation is 1. The van der Waals surface area contributed by atoms with Crippen LogP contribution in [0.5, 0.6) is 0 Å². The standard InChI is InChI=1S/C25H27N7O2/c1-3-4-12-31-23-20(28-25(31)30-11-7-8-18(26)16-30)14-27-32(24(23)34)15-17-13-22(33)29(2)21-10-6-5-9-19(17)21/h5-6,9-10,13-14,18H,7-8,11-12,15-16,26H2,1-2H3. The van der Waals surface area contributed by atoms with E-state index in [0.717, 1.165) is 35.9 Å². The van der Waals surface area contributed by atoms with Crippen LogP contribution < -0.4 is 21.8 Å². The number of hydrogen-bond donors (Lipinski definition) is 1. The maximum Gasteiger partial charge on any atom is 0.293 e. The highest BCUT2D eigenvalue weighted by molar-refractivity contribution is 5.82. The zero-order valence-corrected chi connectivity index (χ0v) is 19.4. The monoisotopic (exact) mass is 457 g/mol. The number of imidazole rings is 1. The minimum Gasteiger partial charge on any atom is -0.341 e. The molecule has 9 heteroatoms. The summed E-state index contributed by atoms with van der Waals surface area (Å²) >= 11 is 0. The zero-order valence-electron chi connectivity index (χ0n) is 19.4. The van der Waals surface area contributed by atoms with Gasteiger partial charge in [-0.25, -0.2) is 9.67 Å². The number of para-hydroxylation sites is 1. The van der Waals surface area contributed by atoms with Crippen molar-refractivity contribution in [1.82, 2.24) is 23.9 Å². The first-order valence-corrected chi connectivity index (χ1v) is 11.4. The van der Waals surface area contributed by atoms with Crippen molar-refractivity contribution < 1.29 is 0 Å². The van der Waals surface area contributed by atoms with Gasteiger partial charge in [0, 0.05) is 37.6 Å². The molecule has 0 aliphatic carbocycles. The highest BCUT2D eigenvalue weighted by atomic mass is 16.1. The fourth-order valence-corrected chi connectivity index (χ4v) is 4.70. The molecule has 4 aromatic rings. The third kappa shape index (κ3) is 3.76. The van der Waals surface area contributed by atoms with Crippen LogP contribution in [-0.4, -0.2) is 43.0 Å². The average Bonchev–Trinajstić information content (AvgIpc) is 3.22. The summed E-state index contributed by atoms with van der Waals surface area (Å²) in [6.45, 7) is 3.82. The first-order chi connectivity index (χ1) is 16.5. The largest absolute Gasteiger partial charge is 0.341 e. The normalized spacial score (nSPS) is 16.1. The maximum atomic E-state index is 13.6. The fraction of sp³-hybridized carbons (Fsp3) is 0.360. The molecular weight excluding hydrogens is 430 g/mol. The molecule has 174 valence electrons. The summed E-state index contributed by atoms with van der Waals surface area (Å²) in [6, 6.07) is 9.30. The van der Waals surface area contributed by atoms with E-state index in [1.165, 1.54) is 4.68 Å². The predicted octanol–water partition coefficient (Wildman–Crippen LogP) is 1.44. The molecule has 1 aliphatic heterocycles. The average molecular weight is 458 g/mol. The highest BCUT2D eigenvalue weighted by Gasteiger charge is 2.24. The third-order valence-electron chi connectivity index (χ3n) is 6.45. The number of hydrogen-bond acceptors (Lipinski definition) is 6. The van der Waals surface area contributed by atoms with Crippen molar-refractivity contribution in [3.8, 4) is 11.8 Å². The maximum absolute atomic E-state index is 13.6. The summed E-state index contributed by atoms with van der Waals surface area (Å²) in [5, 5.41) is 5.30. The van der Waals surface area contributed by atoms with Gasteiger partial charge >= 0.3 is 0 Å². The van der Waals surface area contributed by atoms with E-state index >= 15 is 0 Å². The number of fused-ring (bicyclic) bond motifs is 2. The van der Waals surface area contributed by atoms with Crippen LogP contribution in [0.3, 0.4) is 0 Å². The molecule has 2 N–H and O–H groups in total. The van der Waals surface area contributed by atoms with Gasteiger partial charge in [0.25, 0.3) is 11.1 Å². The van der Waals surface area contributed by atoms with Gasteiger partial charge in [0.2, 0.25) is 5.95 Å². The Labute approximate surface area is 196 Å². The molecule has 9 nitrogen and oxygen atoms in total. The van der Waals surface area contributed by atoms with Crippen LogP contribution in [-0.2, 0) is 20.1 Å². The molecule has 4 heterocycles. The van der Waals surface area contributed by atoms with Crippen molar-refractivity contribution in [2.24, 2.45) is 12.8 Å². The zero-order chi connectivity index (χ0) is 23.8. The van der Waals surface area contributed by atoms with Gasteiger partial charge in [0.1, 0.15) is 11.0 Å². The molecule has 34 heavy (non-hydrogen) atoms. The van der Waals surface area contributed by atoms with E-state index in [1.54, 1.807) is 30.8 Å². The van der Waals surface area contributed by atoms with Crippen LogP contribution in [0.4, 0.5) is 5.95 Å². The number of pyridine rings is 1. The van der Waals surface area contributed by atoms with Gasteiger partial charge in [-0.2, -0.15) is 5.10 Å². The van der Waals surface area contributed by atoms with Crippen LogP contribution >= 0.6 is 0 Å². The summed E-state index contributed by atoms with van der Waals surface area (Å²) in [7, 11) is 1.74. The summed E-state index contributed by atoms with van der Waals surface area (Å²) in [6.07, 6.45) is 3.57. The van der Waals surface area contributed by atoms with Crippen LogP contribution in [0.1, 0.15) is 25.3 Å². The van der Waals surface area contributed by atoms with Crippen molar-refractivity contribution in [2.45, 2.75) is 38.9 Å². The topological polar surface area (TPSA) is 104 Å². The van der Waals surface area contributed by atoms with Gasteiger partial charge < -0.3 is 15.2 Å². The predicted molar refractivity (Wildman–Crippen MR) is 133 cm³/mol. The SMILES string of the molecule is CC#CCn1c(N2CCCC(N)C2)nc2cnn(Cc3cc(=O)n(C)c4ccccc34)c(=O)c21. The molecule has 1 atom stereocenters. The van der Waals surface area contributed by atoms with Crippen molar-refractivity contribution in [2.75, 3.05) is 18.0 Å². The first kappa shape index (κ1) is 21.9. The van der Waals surface area contributed by atoms with E-state index in [2.05, 4.69) is 21.8 Å². The molecule has 1 saturated heterocycles. The molecule has 0 saturated carbocycles. The molecular formula is C25H27N7O2. The lowest BCUT2D eigenvalue weighted by Crippen LogP contribution is -2.44. The quantitative estimate of drug-likeness (QED) is 0.465. The number of rotatable bonds is 4. The Hall–Kier alpha value is -3.90. The number of piperidine rings is 1. The Morgan fingerprint density at radius 1 is 1.24 bits per heavy atom. The van der Waals surface area contributed by atoms with Crippen molar-refractivity contribution in [3.05, 3.63) is 62.8 Å². The van der Waals surface area contributed by atoms with Crippen molar-refractivity contribution >= 4 is 27.9 Å². The van der Waals surface area contributed by atoms with E-state index in [-0.39, 0.29) is 23.7 Å². The van der Waals surface area contributed by atoms with Crippen LogP contribution in [0.25, 0.3) is 21.9 Å². The highest BCUT2D eigenvalue weighted by Crippen LogP contribution is 2.23. The molecule has 1 aliphatic rings. The van der Waals surface area contributed by atoms with Gasteiger partial charge in [-0.3, -0.25) is 14.2 Å². The molecule has 0 spiro atoms. The number of anilines is 1. The summed E-state index contributed by atoms with van der Waals surface area (Å²) in [5.74, 6) is 6.68. The fourth-order valence-electron chi connectivity index (χ4n) is 4.70. The van der Waals surface area contributed by atoms with Gasteiger partial charge in [0.05, 0.1) is 24.8 Å². The van der Waals surface area contributed by atoms with Crippen LogP contribution in [0.2, 0.25) is 0 Å². The molecule has 0 amide bonds. The second kappa shape index (κ2) is 8.80. The van der Waals surface area contributed by atoms with Gasteiger partial charge in [0.15, 0.2) is 0 Å². The Kier molecular flexibility index (Phi) is 5.67. The van der Waals surface area contributed by atoms with Gasteiger partial charge in [-0.15, -0.1) is 5.92 Å². The number of benzene rings is 1.